The van der Waals surface area contributed by atoms with E-state index in [1.807, 2.05) is 0 Å². The maximum atomic E-state index is 11.7. The molecule has 94 valence electrons. The first-order chi connectivity index (χ1) is 7.90. The fourth-order valence-corrected chi connectivity index (χ4v) is 1.38. The van der Waals surface area contributed by atoms with Gasteiger partial charge in [0.05, 0.1) is 18.0 Å². The smallest absolute Gasteiger partial charge is 0.308 e. The van der Waals surface area contributed by atoms with Crippen LogP contribution in [0.5, 0.6) is 0 Å². The van der Waals surface area contributed by atoms with Gasteiger partial charge in [-0.3, -0.25) is 9.59 Å². The Kier molecular flexibility index (Phi) is 4.25. The molecule has 17 heavy (non-hydrogen) atoms. The molecule has 1 aromatic rings. The van der Waals surface area contributed by atoms with E-state index in [2.05, 4.69) is 5.16 Å². The molecule has 1 atom stereocenters. The van der Waals surface area contributed by atoms with Crippen LogP contribution in [0.1, 0.15) is 18.4 Å². The van der Waals surface area contributed by atoms with Crippen molar-refractivity contribution in [1.82, 2.24) is 10.1 Å². The van der Waals surface area contributed by atoms with Crippen LogP contribution >= 0.6 is 0 Å². The van der Waals surface area contributed by atoms with Gasteiger partial charge in [0.1, 0.15) is 5.76 Å². The van der Waals surface area contributed by atoms with E-state index in [-0.39, 0.29) is 18.9 Å². The third kappa shape index (κ3) is 3.90. The van der Waals surface area contributed by atoms with Crippen molar-refractivity contribution in [3.05, 3.63) is 17.5 Å². The Bertz CT molecular complexity index is 413. The minimum atomic E-state index is -0.915. The number of carbonyl (C=O) groups is 2. The van der Waals surface area contributed by atoms with Gasteiger partial charge < -0.3 is 14.5 Å². The molecule has 1 N–H and O–H groups in total. The standard InChI is InChI=1S/C11H16N2O4/c1-7(11(15)16)6-13(3)10(14)5-9-4-8(2)17-12-9/h4,7H,5-6H2,1-3H3,(H,15,16). The summed E-state index contributed by atoms with van der Waals surface area (Å²) in [5.74, 6) is -1.02. The highest BCUT2D eigenvalue weighted by Crippen LogP contribution is 2.05. The van der Waals surface area contributed by atoms with Gasteiger partial charge in [-0.25, -0.2) is 0 Å². The van der Waals surface area contributed by atoms with Crippen molar-refractivity contribution >= 4 is 11.9 Å². The van der Waals surface area contributed by atoms with E-state index in [1.54, 1.807) is 27.0 Å². The molecular formula is C11H16N2O4. The summed E-state index contributed by atoms with van der Waals surface area (Å²) in [6, 6.07) is 1.69. The molecule has 0 radical (unpaired) electrons. The Labute approximate surface area is 99.2 Å². The number of amides is 1. The molecule has 6 nitrogen and oxygen atoms in total. The van der Waals surface area contributed by atoms with Crippen LogP contribution < -0.4 is 0 Å². The SMILES string of the molecule is Cc1cc(CC(=O)N(C)CC(C)C(=O)O)no1. The van der Waals surface area contributed by atoms with Gasteiger partial charge in [0.2, 0.25) is 5.91 Å². The number of hydrogen-bond donors (Lipinski definition) is 1. The number of aliphatic carboxylic acids is 1. The van der Waals surface area contributed by atoms with Crippen LogP contribution in [0.2, 0.25) is 0 Å². The van der Waals surface area contributed by atoms with E-state index in [0.717, 1.165) is 0 Å². The van der Waals surface area contributed by atoms with Gasteiger partial charge in [-0.2, -0.15) is 0 Å². The molecule has 0 spiro atoms. The number of nitrogens with zero attached hydrogens (tertiary/aromatic N) is 2. The van der Waals surface area contributed by atoms with Crippen molar-refractivity contribution in [1.29, 1.82) is 0 Å². The minimum absolute atomic E-state index is 0.125. The molecule has 1 rings (SSSR count). The summed E-state index contributed by atoms with van der Waals surface area (Å²) in [6.45, 7) is 3.49. The summed E-state index contributed by atoms with van der Waals surface area (Å²) in [5.41, 5.74) is 0.558. The third-order valence-corrected chi connectivity index (χ3v) is 2.40. The van der Waals surface area contributed by atoms with Gasteiger partial charge in [0.25, 0.3) is 0 Å². The van der Waals surface area contributed by atoms with Crippen molar-refractivity contribution in [3.8, 4) is 0 Å². The van der Waals surface area contributed by atoms with E-state index < -0.39 is 11.9 Å². The highest BCUT2D eigenvalue weighted by molar-refractivity contribution is 5.79. The minimum Gasteiger partial charge on any atom is -0.481 e. The summed E-state index contributed by atoms with van der Waals surface area (Å²) < 4.78 is 4.85. The molecule has 0 bridgehead atoms. The van der Waals surface area contributed by atoms with Crippen LogP contribution in [0.3, 0.4) is 0 Å². The summed E-state index contributed by atoms with van der Waals surface area (Å²) in [5, 5.41) is 12.5. The first-order valence-electron chi connectivity index (χ1n) is 5.29. The molecule has 0 aliphatic carbocycles. The summed E-state index contributed by atoms with van der Waals surface area (Å²) in [4.78, 5) is 23.8. The number of likely N-dealkylation sites (N-methyl/N-ethyl adjacent to an activating group) is 1. The average Bonchev–Trinajstić information content (AvgIpc) is 2.63. The maximum absolute atomic E-state index is 11.7. The van der Waals surface area contributed by atoms with Gasteiger partial charge in [0, 0.05) is 19.7 Å². The zero-order chi connectivity index (χ0) is 13.0. The molecule has 0 aromatic carbocycles. The van der Waals surface area contributed by atoms with Gasteiger partial charge in [0.15, 0.2) is 0 Å². The third-order valence-electron chi connectivity index (χ3n) is 2.40. The number of carboxylic acids is 1. The Morgan fingerprint density at radius 1 is 1.59 bits per heavy atom. The molecule has 0 aliphatic heterocycles. The Balaban J connectivity index is 2.50. The van der Waals surface area contributed by atoms with Crippen LogP contribution in [0.25, 0.3) is 0 Å². The normalized spacial score (nSPS) is 12.2. The van der Waals surface area contributed by atoms with Crippen LogP contribution in [0.4, 0.5) is 0 Å². The largest absolute Gasteiger partial charge is 0.481 e. The van der Waals surface area contributed by atoms with Gasteiger partial charge >= 0.3 is 5.97 Å². The lowest BCUT2D eigenvalue weighted by Gasteiger charge is -2.18. The lowest BCUT2D eigenvalue weighted by Crippen LogP contribution is -2.34. The zero-order valence-electron chi connectivity index (χ0n) is 10.1. The molecule has 1 aromatic heterocycles. The maximum Gasteiger partial charge on any atom is 0.308 e. The van der Waals surface area contributed by atoms with Crippen molar-refractivity contribution in [2.75, 3.05) is 13.6 Å². The second kappa shape index (κ2) is 5.47. The average molecular weight is 240 g/mol. The molecule has 0 saturated carbocycles. The first-order valence-corrected chi connectivity index (χ1v) is 5.29. The molecule has 6 heteroatoms. The topological polar surface area (TPSA) is 83.6 Å². The number of hydrogen-bond acceptors (Lipinski definition) is 4. The van der Waals surface area contributed by atoms with E-state index >= 15 is 0 Å². The number of aryl methyl sites for hydroxylation is 1. The quantitative estimate of drug-likeness (QED) is 0.819. The van der Waals surface area contributed by atoms with Crippen LogP contribution in [0, 0.1) is 12.8 Å². The summed E-state index contributed by atoms with van der Waals surface area (Å²) in [6.07, 6.45) is 0.125. The lowest BCUT2D eigenvalue weighted by molar-refractivity contribution is -0.142. The van der Waals surface area contributed by atoms with Crippen molar-refractivity contribution in [3.63, 3.8) is 0 Å². The lowest BCUT2D eigenvalue weighted by atomic mass is 10.1. The molecule has 1 unspecified atom stereocenters. The number of aromatic nitrogens is 1. The van der Waals surface area contributed by atoms with Crippen molar-refractivity contribution < 1.29 is 19.2 Å². The number of carboxylic acid groups (broad SMARTS) is 1. The van der Waals surface area contributed by atoms with Gasteiger partial charge in [-0.15, -0.1) is 0 Å². The van der Waals surface area contributed by atoms with Gasteiger partial charge in [-0.1, -0.05) is 12.1 Å². The zero-order valence-corrected chi connectivity index (χ0v) is 10.1. The predicted molar refractivity (Wildman–Crippen MR) is 59.4 cm³/mol. The number of carbonyl (C=O) groups excluding carboxylic acids is 1. The fraction of sp³-hybridized carbons (Fsp3) is 0.545. The fourth-order valence-electron chi connectivity index (χ4n) is 1.38. The molecule has 0 saturated heterocycles. The Morgan fingerprint density at radius 3 is 2.71 bits per heavy atom. The molecule has 0 aliphatic rings. The number of rotatable bonds is 5. The van der Waals surface area contributed by atoms with E-state index in [4.69, 9.17) is 9.63 Å². The Morgan fingerprint density at radius 2 is 2.24 bits per heavy atom. The second-order valence-electron chi connectivity index (χ2n) is 4.12. The Hall–Kier alpha value is -1.85. The predicted octanol–water partition coefficient (Wildman–Crippen LogP) is 0.705. The first kappa shape index (κ1) is 13.2. The molecule has 0 fully saturated rings. The van der Waals surface area contributed by atoms with E-state index in [1.165, 1.54) is 4.90 Å². The van der Waals surface area contributed by atoms with Crippen molar-refractivity contribution in [2.24, 2.45) is 5.92 Å². The van der Waals surface area contributed by atoms with Crippen LogP contribution in [-0.2, 0) is 16.0 Å². The van der Waals surface area contributed by atoms with Crippen molar-refractivity contribution in [2.45, 2.75) is 20.3 Å². The summed E-state index contributed by atoms with van der Waals surface area (Å²) in [7, 11) is 1.58. The second-order valence-corrected chi connectivity index (χ2v) is 4.12. The highest BCUT2D eigenvalue weighted by atomic mass is 16.5. The highest BCUT2D eigenvalue weighted by Gasteiger charge is 2.18. The molecule has 1 heterocycles. The molecule has 1 amide bonds. The van der Waals surface area contributed by atoms with E-state index in [0.29, 0.717) is 11.5 Å². The summed E-state index contributed by atoms with van der Waals surface area (Å²) >= 11 is 0. The van der Waals surface area contributed by atoms with E-state index in [9.17, 15) is 9.59 Å². The monoisotopic (exact) mass is 240 g/mol. The van der Waals surface area contributed by atoms with Crippen LogP contribution in [-0.4, -0.2) is 40.6 Å². The van der Waals surface area contributed by atoms with Crippen LogP contribution in [0.15, 0.2) is 10.6 Å². The molecular weight excluding hydrogens is 224 g/mol. The van der Waals surface area contributed by atoms with Gasteiger partial charge in [-0.05, 0) is 6.92 Å².